The number of carbonyl (C=O) groups excluding carboxylic acids is 1. The van der Waals surface area contributed by atoms with E-state index in [1.165, 1.54) is 23.9 Å². The van der Waals surface area contributed by atoms with Crippen molar-refractivity contribution in [1.82, 2.24) is 9.97 Å². The molecule has 4 N–H and O–H groups in total. The minimum absolute atomic E-state index is 0.184. The van der Waals surface area contributed by atoms with Crippen LogP contribution in [0.4, 0.5) is 5.82 Å². The highest BCUT2D eigenvalue weighted by Gasteiger charge is 2.34. The first-order valence-corrected chi connectivity index (χ1v) is 13.8. The van der Waals surface area contributed by atoms with E-state index in [0.717, 1.165) is 16.2 Å². The smallest absolute Gasteiger partial charge is 0.333 e. The van der Waals surface area contributed by atoms with Crippen molar-refractivity contribution in [2.24, 2.45) is 11.1 Å². The molecule has 0 aliphatic heterocycles. The van der Waals surface area contributed by atoms with Crippen molar-refractivity contribution in [1.29, 1.82) is 0 Å². The van der Waals surface area contributed by atoms with Crippen LogP contribution in [0.1, 0.15) is 33.6 Å². The lowest BCUT2D eigenvalue weighted by molar-refractivity contribution is 0.101. The number of nitrogens with zero attached hydrogens (tertiary/aromatic N) is 2. The van der Waals surface area contributed by atoms with Crippen LogP contribution in [0.3, 0.4) is 0 Å². The number of aromatic nitrogens is 2. The third-order valence-electron chi connectivity index (χ3n) is 5.43. The van der Waals surface area contributed by atoms with Gasteiger partial charge in [-0.25, -0.2) is 15.1 Å². The highest BCUT2D eigenvalue weighted by molar-refractivity contribution is 7.98. The molecule has 1 aliphatic carbocycles. The average Bonchev–Trinajstić information content (AvgIpc) is 3.43. The van der Waals surface area contributed by atoms with Crippen LogP contribution in [-0.2, 0) is 20.2 Å². The number of anilines is 1. The number of thioether (sulfide) groups is 1. The summed E-state index contributed by atoms with van der Waals surface area (Å²) >= 11 is 3.08. The summed E-state index contributed by atoms with van der Waals surface area (Å²) in [6.07, 6.45) is 2.86. The largest absolute Gasteiger partial charge is 0.393 e. The molecule has 0 unspecified atom stereocenters. The van der Waals surface area contributed by atoms with Crippen molar-refractivity contribution in [3.63, 3.8) is 0 Å². The lowest BCUT2D eigenvalue weighted by Gasteiger charge is -2.15. The summed E-state index contributed by atoms with van der Waals surface area (Å²) in [6.45, 7) is -0.202. The van der Waals surface area contributed by atoms with Gasteiger partial charge >= 0.3 is 10.3 Å². The van der Waals surface area contributed by atoms with Crippen LogP contribution >= 0.6 is 23.1 Å². The Labute approximate surface area is 206 Å². The first-order valence-electron chi connectivity index (χ1n) is 10.5. The van der Waals surface area contributed by atoms with Gasteiger partial charge in [-0.2, -0.15) is 8.42 Å². The van der Waals surface area contributed by atoms with Gasteiger partial charge in [0.1, 0.15) is 12.1 Å². The molecule has 0 radical (unpaired) electrons. The second-order valence-corrected chi connectivity index (χ2v) is 11.1. The molecule has 1 aliphatic rings. The van der Waals surface area contributed by atoms with Gasteiger partial charge in [-0.05, 0) is 42.0 Å². The van der Waals surface area contributed by atoms with E-state index in [1.807, 2.05) is 41.8 Å². The summed E-state index contributed by atoms with van der Waals surface area (Å²) < 4.78 is 26.7. The Kier molecular flexibility index (Phi) is 7.96. The van der Waals surface area contributed by atoms with Crippen LogP contribution in [-0.4, -0.2) is 48.0 Å². The van der Waals surface area contributed by atoms with Crippen molar-refractivity contribution < 1.29 is 22.5 Å². The molecule has 3 atom stereocenters. The number of nitrogens with one attached hydrogen (secondary N) is 1. The molecule has 180 valence electrons. The number of carbonyl (C=O) groups is 1. The maximum Gasteiger partial charge on any atom is 0.333 e. The first-order chi connectivity index (χ1) is 16.3. The number of ketones is 1. The number of benzene rings is 1. The van der Waals surface area contributed by atoms with E-state index in [2.05, 4.69) is 19.5 Å². The number of aliphatic hydroxyl groups excluding tert-OH is 1. The minimum atomic E-state index is -4.08. The molecule has 1 fully saturated rings. The van der Waals surface area contributed by atoms with Crippen molar-refractivity contribution in [3.8, 4) is 0 Å². The molecule has 1 saturated carbocycles. The zero-order valence-corrected chi connectivity index (χ0v) is 20.5. The fourth-order valence-electron chi connectivity index (χ4n) is 3.77. The van der Waals surface area contributed by atoms with Crippen molar-refractivity contribution >= 4 is 45.0 Å². The molecule has 2 aromatic heterocycles. The maximum atomic E-state index is 13.2. The third kappa shape index (κ3) is 6.62. The molecule has 2 heterocycles. The monoisotopic (exact) mass is 520 g/mol. The predicted octanol–water partition coefficient (Wildman–Crippen LogP) is 2.83. The van der Waals surface area contributed by atoms with Gasteiger partial charge in [-0.15, -0.1) is 23.1 Å². The second kappa shape index (κ2) is 10.9. The van der Waals surface area contributed by atoms with Gasteiger partial charge in [-0.1, -0.05) is 18.2 Å². The van der Waals surface area contributed by atoms with Crippen molar-refractivity contribution in [2.45, 2.75) is 35.6 Å². The molecule has 0 spiro atoms. The third-order valence-corrected chi connectivity index (χ3v) is 7.95. The molecule has 1 aromatic carbocycles. The number of aliphatic hydroxyl groups is 1. The van der Waals surface area contributed by atoms with Gasteiger partial charge in [0.15, 0.2) is 0 Å². The highest BCUT2D eigenvalue weighted by atomic mass is 32.2. The van der Waals surface area contributed by atoms with Gasteiger partial charge < -0.3 is 10.4 Å². The Morgan fingerprint density at radius 3 is 2.85 bits per heavy atom. The Hall–Kier alpha value is -2.35. The van der Waals surface area contributed by atoms with Gasteiger partial charge in [0.25, 0.3) is 0 Å². The Bertz CT molecular complexity index is 1240. The van der Waals surface area contributed by atoms with Crippen molar-refractivity contribution in [3.05, 3.63) is 70.3 Å². The van der Waals surface area contributed by atoms with Crippen LogP contribution in [0, 0.1) is 5.92 Å². The van der Waals surface area contributed by atoms with Crippen LogP contribution < -0.4 is 10.5 Å². The van der Waals surface area contributed by atoms with E-state index < -0.39 is 22.3 Å². The maximum absolute atomic E-state index is 13.2. The van der Waals surface area contributed by atoms with Crippen LogP contribution in [0.25, 0.3) is 0 Å². The number of hydrogen-bond donors (Lipinski definition) is 3. The standard InChI is InChI=1S/C22H24N4O5S3/c23-34(29,30)31-10-15-7-16(8-19(15)27)26-22-18(9-24-13-25-22)21(28)20-6-14(12-33-20)11-32-17-4-2-1-3-5-17/h1-6,9,12-13,15-16,19,27H,7-8,10-11H2,(H2,23,29,30)(H,24,25,26)/t15-,16-,19+/m1/s1. The zero-order chi connectivity index (χ0) is 24.1. The summed E-state index contributed by atoms with van der Waals surface area (Å²) in [5.41, 5.74) is 1.40. The molecule has 0 amide bonds. The summed E-state index contributed by atoms with van der Waals surface area (Å²) in [5, 5.41) is 20.3. The zero-order valence-electron chi connectivity index (χ0n) is 18.0. The predicted molar refractivity (Wildman–Crippen MR) is 131 cm³/mol. The summed E-state index contributed by atoms with van der Waals surface area (Å²) in [4.78, 5) is 23.2. The number of rotatable bonds is 10. The molecule has 9 nitrogen and oxygen atoms in total. The van der Waals surface area contributed by atoms with E-state index in [4.69, 9.17) is 5.14 Å². The summed E-state index contributed by atoms with van der Waals surface area (Å²) in [7, 11) is -4.08. The minimum Gasteiger partial charge on any atom is -0.393 e. The molecule has 12 heteroatoms. The lowest BCUT2D eigenvalue weighted by atomic mass is 10.1. The van der Waals surface area contributed by atoms with Gasteiger partial charge in [0.2, 0.25) is 5.78 Å². The second-order valence-electron chi connectivity index (χ2n) is 7.95. The van der Waals surface area contributed by atoms with Crippen LogP contribution in [0.15, 0.2) is 59.2 Å². The van der Waals surface area contributed by atoms with E-state index in [0.29, 0.717) is 29.1 Å². The average molecular weight is 521 g/mol. The topological polar surface area (TPSA) is 144 Å². The van der Waals surface area contributed by atoms with E-state index >= 15 is 0 Å². The molecular formula is C22H24N4O5S3. The molecule has 3 aromatic rings. The molecule has 0 saturated heterocycles. The normalized spacial score (nSPS) is 20.4. The summed E-state index contributed by atoms with van der Waals surface area (Å²) in [6, 6.07) is 11.7. The molecular weight excluding hydrogens is 496 g/mol. The fraction of sp³-hybridized carbons (Fsp3) is 0.318. The number of nitrogens with two attached hydrogens (primary N) is 1. The Morgan fingerprint density at radius 1 is 1.29 bits per heavy atom. The lowest BCUT2D eigenvalue weighted by Crippen LogP contribution is -2.24. The number of thiophene rings is 1. The van der Waals surface area contributed by atoms with Crippen molar-refractivity contribution in [2.75, 3.05) is 11.9 Å². The van der Waals surface area contributed by atoms with Crippen LogP contribution in [0.5, 0.6) is 0 Å². The highest BCUT2D eigenvalue weighted by Crippen LogP contribution is 2.31. The fourth-order valence-corrected chi connectivity index (χ4v) is 5.96. The summed E-state index contributed by atoms with van der Waals surface area (Å²) in [5.74, 6) is 0.542. The first kappa shape index (κ1) is 24.8. The SMILES string of the molecule is NS(=O)(=O)OC[C@H]1C[C@@H](Nc2ncncc2C(=O)c2cc(CSc3ccccc3)cs2)C[C@@H]1O. The van der Waals surface area contributed by atoms with Crippen LogP contribution in [0.2, 0.25) is 0 Å². The molecule has 34 heavy (non-hydrogen) atoms. The van der Waals surface area contributed by atoms with Gasteiger partial charge in [0.05, 0.1) is 23.2 Å². The van der Waals surface area contributed by atoms with Gasteiger partial charge in [0, 0.05) is 28.8 Å². The quantitative estimate of drug-likeness (QED) is 0.271. The van der Waals surface area contributed by atoms with E-state index in [9.17, 15) is 18.3 Å². The van der Waals surface area contributed by atoms with Gasteiger partial charge in [-0.3, -0.25) is 8.98 Å². The number of hydrogen-bond acceptors (Lipinski definition) is 10. The Balaban J connectivity index is 1.40. The Morgan fingerprint density at radius 2 is 2.09 bits per heavy atom. The van der Waals surface area contributed by atoms with E-state index in [-0.39, 0.29) is 18.4 Å². The molecule has 4 rings (SSSR count). The van der Waals surface area contributed by atoms with E-state index in [1.54, 1.807) is 11.8 Å². The molecule has 0 bridgehead atoms.